The van der Waals surface area contributed by atoms with Crippen LogP contribution in [0.2, 0.25) is 0 Å². The molecule has 0 saturated carbocycles. The topological polar surface area (TPSA) is 41.5 Å². The number of rotatable bonds is 6. The molecule has 2 N–H and O–H groups in total. The third-order valence-electron chi connectivity index (χ3n) is 2.75. The molecule has 3 nitrogen and oxygen atoms in total. The van der Waals surface area contributed by atoms with Crippen LogP contribution in [-0.4, -0.2) is 24.9 Å². The first-order chi connectivity index (χ1) is 8.04. The van der Waals surface area contributed by atoms with Crippen LogP contribution in [0, 0.1) is 5.82 Å². The van der Waals surface area contributed by atoms with Crippen molar-refractivity contribution < 1.29 is 14.2 Å². The molecule has 0 bridgehead atoms. The largest absolute Gasteiger partial charge is 0.508 e. The van der Waals surface area contributed by atoms with Crippen LogP contribution < -0.4 is 5.32 Å². The number of halogens is 1. The minimum absolute atomic E-state index is 0.0102. The van der Waals surface area contributed by atoms with Crippen molar-refractivity contribution >= 4 is 0 Å². The number of nitrogens with one attached hydrogen (secondary N) is 1. The minimum Gasteiger partial charge on any atom is -0.508 e. The minimum atomic E-state index is -0.425. The van der Waals surface area contributed by atoms with Gasteiger partial charge in [-0.3, -0.25) is 0 Å². The average Bonchev–Trinajstić information content (AvgIpc) is 2.26. The Balaban J connectivity index is 2.60. The van der Waals surface area contributed by atoms with Crippen molar-refractivity contribution in [3.63, 3.8) is 0 Å². The van der Waals surface area contributed by atoms with E-state index in [-0.39, 0.29) is 17.8 Å². The zero-order chi connectivity index (χ0) is 12.8. The third-order valence-corrected chi connectivity index (χ3v) is 2.75. The van der Waals surface area contributed by atoms with Crippen molar-refractivity contribution in [1.29, 1.82) is 0 Å². The molecule has 2 atom stereocenters. The van der Waals surface area contributed by atoms with E-state index in [1.54, 1.807) is 13.2 Å². The van der Waals surface area contributed by atoms with E-state index in [1.807, 2.05) is 6.92 Å². The van der Waals surface area contributed by atoms with Gasteiger partial charge in [-0.2, -0.15) is 0 Å². The maximum atomic E-state index is 12.8. The Labute approximate surface area is 102 Å². The highest BCUT2D eigenvalue weighted by molar-refractivity contribution is 5.34. The van der Waals surface area contributed by atoms with Gasteiger partial charge in [-0.25, -0.2) is 4.39 Å². The van der Waals surface area contributed by atoms with Crippen molar-refractivity contribution in [3.8, 4) is 5.75 Å². The predicted molar refractivity (Wildman–Crippen MR) is 65.6 cm³/mol. The predicted octanol–water partition coefficient (Wildman–Crippen LogP) is 2.61. The highest BCUT2D eigenvalue weighted by Gasteiger charge is 2.13. The molecule has 0 aliphatic heterocycles. The zero-order valence-corrected chi connectivity index (χ0v) is 10.5. The van der Waals surface area contributed by atoms with Gasteiger partial charge in [0.2, 0.25) is 0 Å². The molecule has 0 saturated heterocycles. The van der Waals surface area contributed by atoms with E-state index in [4.69, 9.17) is 4.74 Å². The molecule has 0 spiro atoms. The first-order valence-corrected chi connectivity index (χ1v) is 5.78. The lowest BCUT2D eigenvalue weighted by molar-refractivity contribution is 0.183. The van der Waals surface area contributed by atoms with Gasteiger partial charge in [0.05, 0.1) is 0 Å². The van der Waals surface area contributed by atoms with Gasteiger partial charge in [-0.1, -0.05) is 6.07 Å². The number of hydrogen-bond acceptors (Lipinski definition) is 3. The van der Waals surface area contributed by atoms with Gasteiger partial charge in [-0.05, 0) is 26.3 Å². The Morgan fingerprint density at radius 3 is 2.71 bits per heavy atom. The molecule has 1 aromatic carbocycles. The molecule has 0 radical (unpaired) electrons. The molecule has 0 fully saturated rings. The normalized spacial score (nSPS) is 14.6. The van der Waals surface area contributed by atoms with Gasteiger partial charge in [0, 0.05) is 37.4 Å². The van der Waals surface area contributed by atoms with Crippen LogP contribution in [0.15, 0.2) is 18.2 Å². The van der Waals surface area contributed by atoms with Crippen LogP contribution >= 0.6 is 0 Å². The summed E-state index contributed by atoms with van der Waals surface area (Å²) in [5.74, 6) is -0.435. The number of phenols is 1. The lowest BCUT2D eigenvalue weighted by atomic mass is 10.1. The van der Waals surface area contributed by atoms with Crippen LogP contribution in [0.1, 0.15) is 31.9 Å². The van der Waals surface area contributed by atoms with Crippen molar-refractivity contribution in [2.45, 2.75) is 32.4 Å². The number of phenolic OH excluding ortho intramolecular Hbond substituents is 1. The molecule has 4 heteroatoms. The second-order valence-corrected chi connectivity index (χ2v) is 4.27. The molecular weight excluding hydrogens is 221 g/mol. The van der Waals surface area contributed by atoms with Crippen LogP contribution in [0.5, 0.6) is 5.75 Å². The Bertz CT molecular complexity index is 357. The number of hydrogen-bond donors (Lipinski definition) is 2. The maximum Gasteiger partial charge on any atom is 0.126 e. The lowest BCUT2D eigenvalue weighted by Gasteiger charge is -2.20. The van der Waals surface area contributed by atoms with E-state index in [0.717, 1.165) is 12.5 Å². The molecule has 2 unspecified atom stereocenters. The summed E-state index contributed by atoms with van der Waals surface area (Å²) in [6.45, 7) is 4.68. The van der Waals surface area contributed by atoms with E-state index >= 15 is 0 Å². The summed E-state index contributed by atoms with van der Waals surface area (Å²) in [7, 11) is 1.67. The quantitative estimate of drug-likeness (QED) is 0.804. The van der Waals surface area contributed by atoms with Crippen molar-refractivity contribution in [2.75, 3.05) is 13.7 Å². The van der Waals surface area contributed by atoms with Crippen molar-refractivity contribution in [3.05, 3.63) is 29.6 Å². The Kier molecular flexibility index (Phi) is 5.38. The summed E-state index contributed by atoms with van der Waals surface area (Å²) in [4.78, 5) is 0. The van der Waals surface area contributed by atoms with E-state index in [9.17, 15) is 9.50 Å². The summed E-state index contributed by atoms with van der Waals surface area (Å²) in [5.41, 5.74) is 0.704. The summed E-state index contributed by atoms with van der Waals surface area (Å²) >= 11 is 0. The smallest absolute Gasteiger partial charge is 0.126 e. The first kappa shape index (κ1) is 13.9. The van der Waals surface area contributed by atoms with Gasteiger partial charge >= 0.3 is 0 Å². The van der Waals surface area contributed by atoms with E-state index in [2.05, 4.69) is 12.2 Å². The summed E-state index contributed by atoms with van der Waals surface area (Å²) in [6.07, 6.45) is 0.892. The highest BCUT2D eigenvalue weighted by atomic mass is 19.1. The van der Waals surface area contributed by atoms with Gasteiger partial charge in [0.1, 0.15) is 11.6 Å². The van der Waals surface area contributed by atoms with Gasteiger partial charge in [-0.15, -0.1) is 0 Å². The van der Waals surface area contributed by atoms with E-state index in [1.165, 1.54) is 6.07 Å². The highest BCUT2D eigenvalue weighted by Crippen LogP contribution is 2.25. The fourth-order valence-corrected chi connectivity index (χ4v) is 1.78. The standard InChI is InChI=1S/C13H20FNO2/c1-9(6-7-17-3)15-10(2)12-5-4-11(14)8-13(12)16/h4-5,8-10,15-16H,6-7H2,1-3H3. The molecule has 1 rings (SSSR count). The Morgan fingerprint density at radius 1 is 1.41 bits per heavy atom. The summed E-state index contributed by atoms with van der Waals surface area (Å²) in [6, 6.07) is 4.34. The van der Waals surface area contributed by atoms with Gasteiger partial charge in [0.25, 0.3) is 0 Å². The van der Waals surface area contributed by atoms with Crippen LogP contribution in [0.3, 0.4) is 0 Å². The first-order valence-electron chi connectivity index (χ1n) is 5.78. The Hall–Kier alpha value is -1.13. The second-order valence-electron chi connectivity index (χ2n) is 4.27. The van der Waals surface area contributed by atoms with E-state index < -0.39 is 5.82 Å². The fraction of sp³-hybridized carbons (Fsp3) is 0.538. The lowest BCUT2D eigenvalue weighted by Crippen LogP contribution is -2.29. The van der Waals surface area contributed by atoms with Crippen molar-refractivity contribution in [1.82, 2.24) is 5.32 Å². The maximum absolute atomic E-state index is 12.8. The molecule has 0 aliphatic carbocycles. The molecular formula is C13H20FNO2. The van der Waals surface area contributed by atoms with Gasteiger partial charge in [0.15, 0.2) is 0 Å². The fourth-order valence-electron chi connectivity index (χ4n) is 1.78. The molecule has 0 aliphatic rings. The van der Waals surface area contributed by atoms with Gasteiger partial charge < -0.3 is 15.2 Å². The SMILES string of the molecule is COCCC(C)NC(C)c1ccc(F)cc1O. The molecule has 96 valence electrons. The zero-order valence-electron chi connectivity index (χ0n) is 10.5. The Morgan fingerprint density at radius 2 is 2.12 bits per heavy atom. The number of aromatic hydroxyl groups is 1. The average molecular weight is 241 g/mol. The molecule has 1 aromatic rings. The molecule has 0 heterocycles. The van der Waals surface area contributed by atoms with E-state index in [0.29, 0.717) is 12.2 Å². The van der Waals surface area contributed by atoms with Crippen LogP contribution in [0.4, 0.5) is 4.39 Å². The number of methoxy groups -OCH3 is 1. The summed E-state index contributed by atoms with van der Waals surface area (Å²) in [5, 5.41) is 13.0. The number of benzene rings is 1. The third kappa shape index (κ3) is 4.32. The molecule has 0 aromatic heterocycles. The molecule has 17 heavy (non-hydrogen) atoms. The second kappa shape index (κ2) is 6.57. The van der Waals surface area contributed by atoms with Crippen LogP contribution in [0.25, 0.3) is 0 Å². The van der Waals surface area contributed by atoms with Crippen molar-refractivity contribution in [2.24, 2.45) is 0 Å². The summed E-state index contributed by atoms with van der Waals surface area (Å²) < 4.78 is 17.8. The molecule has 0 amide bonds. The van der Waals surface area contributed by atoms with Crippen LogP contribution in [-0.2, 0) is 4.74 Å². The number of ether oxygens (including phenoxy) is 1. The monoisotopic (exact) mass is 241 g/mol.